The molecule has 4 rings (SSSR count). The summed E-state index contributed by atoms with van der Waals surface area (Å²) in [5.41, 5.74) is 1.95. The Labute approximate surface area is 207 Å². The molecule has 0 aliphatic carbocycles. The van der Waals surface area contributed by atoms with E-state index in [1.165, 1.54) is 23.5 Å². The van der Waals surface area contributed by atoms with E-state index in [0.717, 1.165) is 5.56 Å². The van der Waals surface area contributed by atoms with E-state index < -0.39 is 0 Å². The lowest BCUT2D eigenvalue weighted by molar-refractivity contribution is 0.0984. The number of nitrogens with zero attached hydrogens (tertiary/aromatic N) is 2. The van der Waals surface area contributed by atoms with Crippen LogP contribution in [0.4, 0.5) is 9.52 Å². The van der Waals surface area contributed by atoms with Crippen LogP contribution in [0, 0.1) is 5.82 Å². The zero-order valence-electron chi connectivity index (χ0n) is 19.9. The first-order chi connectivity index (χ1) is 17.0. The minimum Gasteiger partial charge on any atom is -0.490 e. The van der Waals surface area contributed by atoms with Crippen LogP contribution >= 0.6 is 11.3 Å². The van der Waals surface area contributed by atoms with Crippen LogP contribution in [0.2, 0.25) is 0 Å². The third kappa shape index (κ3) is 5.54. The molecule has 0 fully saturated rings. The molecule has 8 heteroatoms. The van der Waals surface area contributed by atoms with Crippen LogP contribution in [-0.2, 0) is 6.54 Å². The van der Waals surface area contributed by atoms with Gasteiger partial charge in [-0.05, 0) is 56.7 Å². The monoisotopic (exact) mass is 494 g/mol. The third-order valence-corrected chi connectivity index (χ3v) is 6.20. The molecule has 1 heterocycles. The van der Waals surface area contributed by atoms with Crippen molar-refractivity contribution >= 4 is 32.6 Å². The summed E-state index contributed by atoms with van der Waals surface area (Å²) in [4.78, 5) is 20.2. The van der Waals surface area contributed by atoms with Crippen LogP contribution < -0.4 is 19.1 Å². The Hall–Kier alpha value is -3.65. The summed E-state index contributed by atoms with van der Waals surface area (Å²) in [6.45, 7) is 7.14. The van der Waals surface area contributed by atoms with Crippen molar-refractivity contribution in [3.8, 4) is 17.2 Å². The van der Waals surface area contributed by atoms with E-state index in [-0.39, 0.29) is 11.7 Å². The molecule has 0 aliphatic heterocycles. The Morgan fingerprint density at radius 2 is 1.57 bits per heavy atom. The predicted octanol–water partition coefficient (Wildman–Crippen LogP) is 6.48. The van der Waals surface area contributed by atoms with E-state index in [9.17, 15) is 9.18 Å². The van der Waals surface area contributed by atoms with Crippen molar-refractivity contribution in [2.75, 3.05) is 24.7 Å². The Balaban J connectivity index is 1.81. The molecule has 0 saturated carbocycles. The lowest BCUT2D eigenvalue weighted by Gasteiger charge is -2.22. The number of amides is 1. The number of thiazole rings is 1. The zero-order valence-corrected chi connectivity index (χ0v) is 20.7. The van der Waals surface area contributed by atoms with Crippen LogP contribution in [0.5, 0.6) is 17.2 Å². The SMILES string of the molecule is CCOc1cc(C(=O)N(Cc2ccccc2)c2nc3ccc(F)cc3s2)cc(OCC)c1OCC. The number of carbonyl (C=O) groups excluding carboxylic acids is 1. The maximum Gasteiger partial charge on any atom is 0.260 e. The van der Waals surface area contributed by atoms with E-state index in [2.05, 4.69) is 4.98 Å². The fraction of sp³-hybridized carbons (Fsp3) is 0.259. The Morgan fingerprint density at radius 1 is 0.914 bits per heavy atom. The minimum atomic E-state index is -0.345. The van der Waals surface area contributed by atoms with Gasteiger partial charge in [-0.15, -0.1) is 0 Å². The van der Waals surface area contributed by atoms with Crippen molar-refractivity contribution in [2.24, 2.45) is 0 Å². The second-order valence-electron chi connectivity index (χ2n) is 7.59. The van der Waals surface area contributed by atoms with Crippen molar-refractivity contribution in [1.29, 1.82) is 0 Å². The molecule has 0 N–H and O–H groups in total. The van der Waals surface area contributed by atoms with Gasteiger partial charge in [0.2, 0.25) is 5.75 Å². The number of anilines is 1. The number of fused-ring (bicyclic) bond motifs is 1. The molecule has 0 spiro atoms. The van der Waals surface area contributed by atoms with E-state index in [1.807, 2.05) is 51.1 Å². The van der Waals surface area contributed by atoms with Gasteiger partial charge in [-0.2, -0.15) is 0 Å². The standard InChI is InChI=1S/C27H27FN2O4S/c1-4-32-22-14-19(15-23(33-5-2)25(22)34-6-3)26(31)30(17-18-10-8-7-9-11-18)27-29-21-13-12-20(28)16-24(21)35-27/h7-16H,4-6,17H2,1-3H3. The lowest BCUT2D eigenvalue weighted by atomic mass is 10.1. The topological polar surface area (TPSA) is 60.9 Å². The summed E-state index contributed by atoms with van der Waals surface area (Å²) in [5.74, 6) is 0.725. The average Bonchev–Trinajstić information content (AvgIpc) is 3.27. The summed E-state index contributed by atoms with van der Waals surface area (Å²) in [6.07, 6.45) is 0. The number of hydrogen-bond donors (Lipinski definition) is 0. The number of rotatable bonds is 10. The van der Waals surface area contributed by atoms with Crippen molar-refractivity contribution in [1.82, 2.24) is 4.98 Å². The highest BCUT2D eigenvalue weighted by Crippen LogP contribution is 2.40. The molecule has 35 heavy (non-hydrogen) atoms. The van der Waals surface area contributed by atoms with Gasteiger partial charge in [0, 0.05) is 5.56 Å². The highest BCUT2D eigenvalue weighted by Gasteiger charge is 2.25. The van der Waals surface area contributed by atoms with Gasteiger partial charge >= 0.3 is 0 Å². The second kappa shape index (κ2) is 11.2. The normalized spacial score (nSPS) is 10.9. The molecule has 0 atom stereocenters. The van der Waals surface area contributed by atoms with E-state index in [0.29, 0.717) is 64.5 Å². The average molecular weight is 495 g/mol. The van der Waals surface area contributed by atoms with Crippen molar-refractivity contribution in [3.05, 3.63) is 77.6 Å². The summed E-state index contributed by atoms with van der Waals surface area (Å²) >= 11 is 1.27. The van der Waals surface area contributed by atoms with E-state index in [4.69, 9.17) is 14.2 Å². The van der Waals surface area contributed by atoms with Gasteiger partial charge < -0.3 is 14.2 Å². The first-order valence-electron chi connectivity index (χ1n) is 11.5. The lowest BCUT2D eigenvalue weighted by Crippen LogP contribution is -2.30. The molecule has 0 radical (unpaired) electrons. The zero-order chi connectivity index (χ0) is 24.8. The smallest absolute Gasteiger partial charge is 0.260 e. The van der Waals surface area contributed by atoms with Gasteiger partial charge in [0.15, 0.2) is 16.6 Å². The fourth-order valence-corrected chi connectivity index (χ4v) is 4.65. The maximum atomic E-state index is 13.9. The molecule has 0 aliphatic rings. The Kier molecular flexibility index (Phi) is 7.82. The molecular weight excluding hydrogens is 467 g/mol. The minimum absolute atomic E-state index is 0.279. The van der Waals surface area contributed by atoms with Crippen LogP contribution in [0.25, 0.3) is 10.2 Å². The van der Waals surface area contributed by atoms with Gasteiger partial charge in [0.25, 0.3) is 5.91 Å². The largest absolute Gasteiger partial charge is 0.490 e. The van der Waals surface area contributed by atoms with Gasteiger partial charge in [-0.3, -0.25) is 9.69 Å². The summed E-state index contributed by atoms with van der Waals surface area (Å²) in [7, 11) is 0. The molecule has 4 aromatic rings. The van der Waals surface area contributed by atoms with Gasteiger partial charge in [-0.25, -0.2) is 9.37 Å². The van der Waals surface area contributed by atoms with Crippen LogP contribution in [0.1, 0.15) is 36.7 Å². The number of hydrogen-bond acceptors (Lipinski definition) is 6. The molecule has 0 saturated heterocycles. The number of ether oxygens (including phenoxy) is 3. The maximum absolute atomic E-state index is 13.9. The third-order valence-electron chi connectivity index (χ3n) is 5.15. The number of benzene rings is 3. The molecule has 1 amide bonds. The summed E-state index contributed by atoms with van der Waals surface area (Å²) in [6, 6.07) is 17.4. The molecule has 0 bridgehead atoms. The molecule has 0 unspecified atom stereocenters. The van der Waals surface area contributed by atoms with Crippen LogP contribution in [-0.4, -0.2) is 30.7 Å². The number of aromatic nitrogens is 1. The van der Waals surface area contributed by atoms with Crippen molar-refractivity contribution in [3.63, 3.8) is 0 Å². The number of halogens is 1. The molecule has 3 aromatic carbocycles. The van der Waals surface area contributed by atoms with Gasteiger partial charge in [0.05, 0.1) is 36.6 Å². The molecule has 1 aromatic heterocycles. The Morgan fingerprint density at radius 3 is 2.20 bits per heavy atom. The fourth-order valence-electron chi connectivity index (χ4n) is 3.66. The second-order valence-corrected chi connectivity index (χ2v) is 8.60. The first-order valence-corrected chi connectivity index (χ1v) is 12.3. The highest BCUT2D eigenvalue weighted by atomic mass is 32.1. The van der Waals surface area contributed by atoms with E-state index in [1.54, 1.807) is 23.1 Å². The van der Waals surface area contributed by atoms with Crippen LogP contribution in [0.15, 0.2) is 60.7 Å². The van der Waals surface area contributed by atoms with Crippen LogP contribution in [0.3, 0.4) is 0 Å². The summed E-state index contributed by atoms with van der Waals surface area (Å²) < 4.78 is 31.9. The highest BCUT2D eigenvalue weighted by molar-refractivity contribution is 7.22. The molecule has 182 valence electrons. The first kappa shape index (κ1) is 24.5. The van der Waals surface area contributed by atoms with E-state index >= 15 is 0 Å². The van der Waals surface area contributed by atoms with Gasteiger partial charge in [0.1, 0.15) is 5.82 Å². The van der Waals surface area contributed by atoms with Crippen molar-refractivity contribution in [2.45, 2.75) is 27.3 Å². The molecule has 6 nitrogen and oxygen atoms in total. The summed E-state index contributed by atoms with van der Waals surface area (Å²) in [5, 5.41) is 0.476. The van der Waals surface area contributed by atoms with Crippen molar-refractivity contribution < 1.29 is 23.4 Å². The quantitative estimate of drug-likeness (QED) is 0.253. The Bertz CT molecular complexity index is 1280. The van der Waals surface area contributed by atoms with Gasteiger partial charge in [-0.1, -0.05) is 41.7 Å². The number of carbonyl (C=O) groups is 1. The predicted molar refractivity (Wildman–Crippen MR) is 136 cm³/mol. The molecular formula is C27H27FN2O4S.